The highest BCUT2D eigenvalue weighted by Crippen LogP contribution is 2.27. The molecule has 2 heterocycles. The number of rotatable bonds is 4. The van der Waals surface area contributed by atoms with E-state index in [-0.39, 0.29) is 11.3 Å². The van der Waals surface area contributed by atoms with E-state index in [9.17, 15) is 9.90 Å². The number of hydrogen-bond acceptors (Lipinski definition) is 4. The standard InChI is InChI=1S/C18H35N3O2/c1-15(2)20-11-9-19(10-12-20)14-18(23)7-6-8-21(16(18)22)13-17(3,4)5/h15,23H,6-14H2,1-5H3. The van der Waals surface area contributed by atoms with E-state index in [1.165, 1.54) is 0 Å². The van der Waals surface area contributed by atoms with Crippen molar-refractivity contribution in [2.75, 3.05) is 45.8 Å². The Morgan fingerprint density at radius 2 is 1.74 bits per heavy atom. The first-order valence-electron chi connectivity index (χ1n) is 9.09. The van der Waals surface area contributed by atoms with E-state index in [2.05, 4.69) is 44.4 Å². The monoisotopic (exact) mass is 325 g/mol. The van der Waals surface area contributed by atoms with E-state index in [4.69, 9.17) is 0 Å². The Hall–Kier alpha value is -0.650. The highest BCUT2D eigenvalue weighted by Gasteiger charge is 2.44. The first-order chi connectivity index (χ1) is 10.6. The van der Waals surface area contributed by atoms with Crippen LogP contribution in [0.5, 0.6) is 0 Å². The van der Waals surface area contributed by atoms with Crippen molar-refractivity contribution in [3.63, 3.8) is 0 Å². The number of likely N-dealkylation sites (tertiary alicyclic amines) is 1. The van der Waals surface area contributed by atoms with Gasteiger partial charge in [-0.15, -0.1) is 0 Å². The summed E-state index contributed by atoms with van der Waals surface area (Å²) in [4.78, 5) is 19.4. The molecule has 0 saturated carbocycles. The number of amides is 1. The maximum atomic E-state index is 12.8. The molecule has 1 unspecified atom stereocenters. The predicted octanol–water partition coefficient (Wildman–Crippen LogP) is 1.41. The molecule has 1 atom stereocenters. The van der Waals surface area contributed by atoms with Gasteiger partial charge in [0.1, 0.15) is 0 Å². The molecule has 2 aliphatic rings. The van der Waals surface area contributed by atoms with E-state index < -0.39 is 5.60 Å². The molecule has 0 aromatic heterocycles. The van der Waals surface area contributed by atoms with Gasteiger partial charge in [-0.3, -0.25) is 14.6 Å². The zero-order valence-corrected chi connectivity index (χ0v) is 15.6. The number of piperazine rings is 1. The first kappa shape index (κ1) is 18.7. The Labute approximate surface area is 141 Å². The van der Waals surface area contributed by atoms with Gasteiger partial charge >= 0.3 is 0 Å². The average molecular weight is 325 g/mol. The van der Waals surface area contributed by atoms with Crippen LogP contribution in [0.4, 0.5) is 0 Å². The molecule has 2 rings (SSSR count). The van der Waals surface area contributed by atoms with E-state index >= 15 is 0 Å². The van der Waals surface area contributed by atoms with Gasteiger partial charge in [-0.05, 0) is 32.1 Å². The molecular weight excluding hydrogens is 290 g/mol. The molecule has 0 radical (unpaired) electrons. The van der Waals surface area contributed by atoms with Crippen LogP contribution in [-0.2, 0) is 4.79 Å². The van der Waals surface area contributed by atoms with E-state index in [1.807, 2.05) is 4.90 Å². The van der Waals surface area contributed by atoms with Crippen LogP contribution < -0.4 is 0 Å². The minimum Gasteiger partial charge on any atom is -0.379 e. The average Bonchev–Trinajstić information content (AvgIpc) is 2.43. The molecule has 2 aliphatic heterocycles. The number of nitrogens with zero attached hydrogens (tertiary/aromatic N) is 3. The number of carbonyl (C=O) groups is 1. The van der Waals surface area contributed by atoms with Crippen molar-refractivity contribution >= 4 is 5.91 Å². The normalized spacial score (nSPS) is 28.7. The van der Waals surface area contributed by atoms with Gasteiger partial charge in [0.15, 0.2) is 5.60 Å². The van der Waals surface area contributed by atoms with E-state index in [0.717, 1.165) is 45.7 Å². The minimum atomic E-state index is -1.19. The van der Waals surface area contributed by atoms with Crippen LogP contribution >= 0.6 is 0 Å². The molecule has 134 valence electrons. The number of hydrogen-bond donors (Lipinski definition) is 1. The van der Waals surface area contributed by atoms with Gasteiger partial charge in [-0.1, -0.05) is 20.8 Å². The van der Waals surface area contributed by atoms with Gasteiger partial charge in [0.2, 0.25) is 0 Å². The summed E-state index contributed by atoms with van der Waals surface area (Å²) < 4.78 is 0. The molecule has 1 amide bonds. The topological polar surface area (TPSA) is 47.0 Å². The second-order valence-electron chi connectivity index (χ2n) is 8.83. The summed E-state index contributed by atoms with van der Waals surface area (Å²) >= 11 is 0. The quantitative estimate of drug-likeness (QED) is 0.849. The van der Waals surface area contributed by atoms with Crippen LogP contribution in [0, 0.1) is 5.41 Å². The molecular formula is C18H35N3O2. The molecule has 2 fully saturated rings. The fraction of sp³-hybridized carbons (Fsp3) is 0.944. The fourth-order valence-corrected chi connectivity index (χ4v) is 3.74. The van der Waals surface area contributed by atoms with Crippen LogP contribution in [0.3, 0.4) is 0 Å². The molecule has 5 heteroatoms. The van der Waals surface area contributed by atoms with Crippen molar-refractivity contribution in [1.82, 2.24) is 14.7 Å². The molecule has 0 aromatic rings. The van der Waals surface area contributed by atoms with Crippen molar-refractivity contribution in [3.8, 4) is 0 Å². The fourth-order valence-electron chi connectivity index (χ4n) is 3.74. The summed E-state index contributed by atoms with van der Waals surface area (Å²) in [6.07, 6.45) is 1.49. The number of piperidine rings is 1. The van der Waals surface area contributed by atoms with Gasteiger partial charge in [-0.2, -0.15) is 0 Å². The molecule has 5 nitrogen and oxygen atoms in total. The maximum Gasteiger partial charge on any atom is 0.255 e. The second-order valence-corrected chi connectivity index (χ2v) is 8.83. The van der Waals surface area contributed by atoms with Crippen LogP contribution in [0.2, 0.25) is 0 Å². The Morgan fingerprint density at radius 3 is 2.26 bits per heavy atom. The smallest absolute Gasteiger partial charge is 0.255 e. The molecule has 1 N–H and O–H groups in total. The lowest BCUT2D eigenvalue weighted by Gasteiger charge is -2.44. The maximum absolute atomic E-state index is 12.8. The van der Waals surface area contributed by atoms with Gasteiger partial charge in [0, 0.05) is 51.9 Å². The SMILES string of the molecule is CC(C)N1CCN(CC2(O)CCCN(CC(C)(C)C)C2=O)CC1. The van der Waals surface area contributed by atoms with Crippen molar-refractivity contribution in [1.29, 1.82) is 0 Å². The molecule has 2 saturated heterocycles. The van der Waals surface area contributed by atoms with Crippen molar-refractivity contribution < 1.29 is 9.90 Å². The zero-order valence-electron chi connectivity index (χ0n) is 15.6. The second kappa shape index (κ2) is 7.08. The Balaban J connectivity index is 1.94. The molecule has 0 aliphatic carbocycles. The van der Waals surface area contributed by atoms with Crippen LogP contribution in [-0.4, -0.2) is 83.2 Å². The van der Waals surface area contributed by atoms with Crippen LogP contribution in [0.25, 0.3) is 0 Å². The van der Waals surface area contributed by atoms with Gasteiger partial charge in [0.25, 0.3) is 5.91 Å². The summed E-state index contributed by atoms with van der Waals surface area (Å²) in [5.41, 5.74) is -1.12. The summed E-state index contributed by atoms with van der Waals surface area (Å²) in [5.74, 6) is -0.0648. The third-order valence-corrected chi connectivity index (χ3v) is 4.99. The number of β-amino-alcohol motifs (C(OH)–C–C–N with tert-alkyl or cyclic N) is 1. The summed E-state index contributed by atoms with van der Waals surface area (Å²) in [6, 6.07) is 0.568. The number of aliphatic hydroxyl groups is 1. The van der Waals surface area contributed by atoms with Gasteiger partial charge in [-0.25, -0.2) is 0 Å². The highest BCUT2D eigenvalue weighted by molar-refractivity contribution is 5.86. The van der Waals surface area contributed by atoms with Gasteiger partial charge in [0.05, 0.1) is 0 Å². The summed E-state index contributed by atoms with van der Waals surface area (Å²) in [6.45, 7) is 16.8. The zero-order chi connectivity index (χ0) is 17.3. The Kier molecular flexibility index (Phi) is 5.75. The lowest BCUT2D eigenvalue weighted by atomic mass is 9.88. The minimum absolute atomic E-state index is 0.0648. The molecule has 23 heavy (non-hydrogen) atoms. The van der Waals surface area contributed by atoms with E-state index in [1.54, 1.807) is 0 Å². The number of carbonyl (C=O) groups excluding carboxylic acids is 1. The third-order valence-electron chi connectivity index (χ3n) is 4.99. The van der Waals surface area contributed by atoms with Crippen molar-refractivity contribution in [2.24, 2.45) is 5.41 Å². The van der Waals surface area contributed by atoms with Gasteiger partial charge < -0.3 is 10.0 Å². The Bertz CT molecular complexity index is 411. The summed E-state index contributed by atoms with van der Waals surface area (Å²) in [7, 11) is 0. The van der Waals surface area contributed by atoms with Crippen LogP contribution in [0.15, 0.2) is 0 Å². The van der Waals surface area contributed by atoms with Crippen molar-refractivity contribution in [2.45, 2.75) is 59.1 Å². The molecule has 0 spiro atoms. The Morgan fingerprint density at radius 1 is 1.13 bits per heavy atom. The first-order valence-corrected chi connectivity index (χ1v) is 9.09. The molecule has 0 bridgehead atoms. The predicted molar refractivity (Wildman–Crippen MR) is 93.4 cm³/mol. The third kappa shape index (κ3) is 4.91. The highest BCUT2D eigenvalue weighted by atomic mass is 16.3. The summed E-state index contributed by atoms with van der Waals surface area (Å²) in [5, 5.41) is 11.0. The van der Waals surface area contributed by atoms with E-state index in [0.29, 0.717) is 19.0 Å². The lowest BCUT2D eigenvalue weighted by molar-refractivity contribution is -0.161. The lowest BCUT2D eigenvalue weighted by Crippen LogP contribution is -2.61. The van der Waals surface area contributed by atoms with Crippen molar-refractivity contribution in [3.05, 3.63) is 0 Å². The largest absolute Gasteiger partial charge is 0.379 e. The molecule has 0 aromatic carbocycles. The van der Waals surface area contributed by atoms with Crippen LogP contribution in [0.1, 0.15) is 47.5 Å².